The third-order valence-corrected chi connectivity index (χ3v) is 4.80. The highest BCUT2D eigenvalue weighted by Crippen LogP contribution is 2.38. The van der Waals surface area contributed by atoms with Crippen LogP contribution >= 0.6 is 0 Å². The van der Waals surface area contributed by atoms with Gasteiger partial charge >= 0.3 is 0 Å². The molecule has 2 fully saturated rings. The minimum atomic E-state index is 0.292. The Labute approximate surface area is 152 Å². The molecule has 0 aromatic heterocycles. The summed E-state index contributed by atoms with van der Waals surface area (Å²) in [7, 11) is 1.68. The van der Waals surface area contributed by atoms with Gasteiger partial charge in [-0.15, -0.1) is 0 Å². The number of allylic oxidation sites excluding steroid dienone is 5. The van der Waals surface area contributed by atoms with Gasteiger partial charge in [-0.3, -0.25) is 9.59 Å². The third kappa shape index (κ3) is 5.67. The predicted octanol–water partition coefficient (Wildman–Crippen LogP) is 4.08. The van der Waals surface area contributed by atoms with Crippen molar-refractivity contribution in [3.63, 3.8) is 0 Å². The molecule has 25 heavy (non-hydrogen) atoms. The number of hydrogen-bond donors (Lipinski definition) is 0. The normalized spacial score (nSPS) is 22.0. The summed E-state index contributed by atoms with van der Waals surface area (Å²) in [6, 6.07) is 0. The summed E-state index contributed by atoms with van der Waals surface area (Å²) < 4.78 is 4.54. The standard InChI is InChI=1S/C16H19NO2.C3H8O.C2H6/c1-11-8-12-4-6-17(10-18)7-5-13(12)9-15-14(11)2-3-16(15)19;1-3-4-2;1-2/h8-10,13H,2-7H2,1H3;3H2,1-2H3;1-2H3. The van der Waals surface area contributed by atoms with Gasteiger partial charge in [-0.25, -0.2) is 0 Å². The highest BCUT2D eigenvalue weighted by atomic mass is 16.5. The zero-order chi connectivity index (χ0) is 18.8. The molecule has 4 nitrogen and oxygen atoms in total. The van der Waals surface area contributed by atoms with Gasteiger partial charge in [0.05, 0.1) is 0 Å². The molecule has 0 N–H and O–H groups in total. The Morgan fingerprint density at radius 1 is 1.24 bits per heavy atom. The summed E-state index contributed by atoms with van der Waals surface area (Å²) in [6.07, 6.45) is 8.78. The van der Waals surface area contributed by atoms with Crippen molar-refractivity contribution in [1.29, 1.82) is 0 Å². The van der Waals surface area contributed by atoms with E-state index in [0.29, 0.717) is 18.1 Å². The molecule has 0 spiro atoms. The van der Waals surface area contributed by atoms with Crippen molar-refractivity contribution in [1.82, 2.24) is 4.90 Å². The van der Waals surface area contributed by atoms with E-state index in [1.54, 1.807) is 7.11 Å². The Hall–Kier alpha value is -1.68. The molecule has 3 rings (SSSR count). The summed E-state index contributed by atoms with van der Waals surface area (Å²) in [5, 5.41) is 0. The smallest absolute Gasteiger partial charge is 0.209 e. The summed E-state index contributed by atoms with van der Waals surface area (Å²) in [5.41, 5.74) is 4.82. The number of Topliss-reactive ketones (excluding diaryl/α,β-unsaturated/α-hetero) is 1. The molecule has 1 atom stereocenters. The Balaban J connectivity index is 0.000000461. The Morgan fingerprint density at radius 2 is 1.92 bits per heavy atom. The number of carbonyl (C=O) groups is 2. The van der Waals surface area contributed by atoms with Crippen molar-refractivity contribution >= 4 is 12.2 Å². The van der Waals surface area contributed by atoms with Crippen LogP contribution in [0, 0.1) is 5.92 Å². The number of fused-ring (bicyclic) bond motifs is 2. The van der Waals surface area contributed by atoms with Gasteiger partial charge in [0.1, 0.15) is 0 Å². The third-order valence-electron chi connectivity index (χ3n) is 4.80. The zero-order valence-corrected chi connectivity index (χ0v) is 16.4. The number of methoxy groups -OCH3 is 1. The molecule has 0 radical (unpaired) electrons. The number of amides is 1. The van der Waals surface area contributed by atoms with Gasteiger partial charge in [0.25, 0.3) is 0 Å². The van der Waals surface area contributed by atoms with Crippen LogP contribution in [-0.2, 0) is 14.3 Å². The molecule has 2 aliphatic carbocycles. The first kappa shape index (κ1) is 21.4. The van der Waals surface area contributed by atoms with Crippen LogP contribution in [0.4, 0.5) is 0 Å². The number of nitrogens with zero attached hydrogens (tertiary/aromatic N) is 1. The van der Waals surface area contributed by atoms with Gasteiger partial charge in [0.15, 0.2) is 5.78 Å². The van der Waals surface area contributed by atoms with Gasteiger partial charge < -0.3 is 9.64 Å². The molecule has 1 aliphatic heterocycles. The number of hydrogen-bond acceptors (Lipinski definition) is 3. The monoisotopic (exact) mass is 347 g/mol. The van der Waals surface area contributed by atoms with Gasteiger partial charge in [-0.1, -0.05) is 31.6 Å². The van der Waals surface area contributed by atoms with Crippen molar-refractivity contribution in [2.75, 3.05) is 26.8 Å². The van der Waals surface area contributed by atoms with Crippen LogP contribution in [0.25, 0.3) is 0 Å². The van der Waals surface area contributed by atoms with E-state index in [1.165, 1.54) is 16.7 Å². The van der Waals surface area contributed by atoms with Gasteiger partial charge in [-0.05, 0) is 44.3 Å². The van der Waals surface area contributed by atoms with E-state index in [4.69, 9.17) is 0 Å². The molecule has 1 saturated carbocycles. The van der Waals surface area contributed by atoms with Crippen LogP contribution in [0.3, 0.4) is 0 Å². The van der Waals surface area contributed by atoms with Crippen molar-refractivity contribution in [2.24, 2.45) is 5.92 Å². The molecule has 1 unspecified atom stereocenters. The largest absolute Gasteiger partial charge is 0.385 e. The van der Waals surface area contributed by atoms with Crippen molar-refractivity contribution in [2.45, 2.75) is 53.4 Å². The molecular weight excluding hydrogens is 314 g/mol. The fourth-order valence-electron chi connectivity index (χ4n) is 3.38. The molecule has 0 aromatic rings. The molecule has 140 valence electrons. The number of likely N-dealkylation sites (tertiary alicyclic amines) is 1. The first-order valence-electron chi connectivity index (χ1n) is 9.44. The van der Waals surface area contributed by atoms with E-state index >= 15 is 0 Å². The van der Waals surface area contributed by atoms with Crippen LogP contribution < -0.4 is 0 Å². The predicted molar refractivity (Wildman–Crippen MR) is 102 cm³/mol. The molecule has 1 saturated heterocycles. The lowest BCUT2D eigenvalue weighted by Gasteiger charge is -2.13. The lowest BCUT2D eigenvalue weighted by molar-refractivity contribution is -0.118. The van der Waals surface area contributed by atoms with E-state index in [1.807, 2.05) is 25.7 Å². The summed E-state index contributed by atoms with van der Waals surface area (Å²) >= 11 is 0. The fraction of sp³-hybridized carbons (Fsp3) is 0.619. The minimum Gasteiger partial charge on any atom is -0.385 e. The van der Waals surface area contributed by atoms with Crippen LogP contribution in [0.1, 0.15) is 53.4 Å². The van der Waals surface area contributed by atoms with Crippen LogP contribution in [0.2, 0.25) is 0 Å². The number of carbonyl (C=O) groups excluding carboxylic acids is 2. The molecule has 0 aromatic carbocycles. The molecule has 0 bridgehead atoms. The number of ketones is 1. The maximum Gasteiger partial charge on any atom is 0.209 e. The minimum absolute atomic E-state index is 0.292. The first-order valence-corrected chi connectivity index (χ1v) is 9.44. The second kappa shape index (κ2) is 11.0. The molecular formula is C21H33NO3. The summed E-state index contributed by atoms with van der Waals surface area (Å²) in [4.78, 5) is 24.7. The summed E-state index contributed by atoms with van der Waals surface area (Å²) in [5.74, 6) is 0.620. The lowest BCUT2D eigenvalue weighted by Crippen LogP contribution is -2.22. The molecule has 3 aliphatic rings. The molecule has 1 amide bonds. The lowest BCUT2D eigenvalue weighted by atomic mass is 9.92. The van der Waals surface area contributed by atoms with E-state index in [2.05, 4.69) is 23.8 Å². The van der Waals surface area contributed by atoms with E-state index in [-0.39, 0.29) is 0 Å². The Kier molecular flexibility index (Phi) is 9.43. The second-order valence-corrected chi connectivity index (χ2v) is 6.25. The van der Waals surface area contributed by atoms with Gasteiger partial charge in [0, 0.05) is 44.7 Å². The van der Waals surface area contributed by atoms with Crippen LogP contribution in [0.15, 0.2) is 34.4 Å². The molecule has 1 heterocycles. The van der Waals surface area contributed by atoms with Crippen molar-refractivity contribution in [3.8, 4) is 0 Å². The Bertz CT molecular complexity index is 555. The molecule has 4 heteroatoms. The maximum absolute atomic E-state index is 12.0. The van der Waals surface area contributed by atoms with Gasteiger partial charge in [0.2, 0.25) is 6.41 Å². The average Bonchev–Trinajstić information content (AvgIpc) is 2.82. The SMILES string of the molecule is CC.CC1=C2CCC(=O)C2=CC2CCN(C=O)CCC2=C1.CCOC. The highest BCUT2D eigenvalue weighted by molar-refractivity contribution is 6.03. The number of ether oxygens (including phenoxy) is 1. The average molecular weight is 347 g/mol. The van der Waals surface area contributed by atoms with Crippen molar-refractivity contribution < 1.29 is 14.3 Å². The first-order chi connectivity index (χ1) is 12.1. The van der Waals surface area contributed by atoms with E-state index < -0.39 is 0 Å². The van der Waals surface area contributed by atoms with E-state index in [9.17, 15) is 9.59 Å². The topological polar surface area (TPSA) is 46.6 Å². The Morgan fingerprint density at radius 3 is 2.52 bits per heavy atom. The van der Waals surface area contributed by atoms with Crippen LogP contribution in [-0.4, -0.2) is 43.9 Å². The summed E-state index contributed by atoms with van der Waals surface area (Å²) in [6.45, 7) is 10.5. The highest BCUT2D eigenvalue weighted by Gasteiger charge is 2.29. The van der Waals surface area contributed by atoms with Crippen LogP contribution in [0.5, 0.6) is 0 Å². The fourth-order valence-corrected chi connectivity index (χ4v) is 3.38. The second-order valence-electron chi connectivity index (χ2n) is 6.25. The van der Waals surface area contributed by atoms with Crippen molar-refractivity contribution in [3.05, 3.63) is 34.4 Å². The maximum atomic E-state index is 12.0. The van der Waals surface area contributed by atoms with E-state index in [0.717, 1.165) is 50.9 Å². The zero-order valence-electron chi connectivity index (χ0n) is 16.4. The quantitative estimate of drug-likeness (QED) is 0.707. The number of rotatable bonds is 2. The van der Waals surface area contributed by atoms with Gasteiger partial charge in [-0.2, -0.15) is 0 Å².